The number of pyridine rings is 1. The van der Waals surface area contributed by atoms with Gasteiger partial charge in [0.25, 0.3) is 0 Å². The maximum Gasteiger partial charge on any atom is 0.313 e. The molecule has 0 saturated heterocycles. The third-order valence-corrected chi connectivity index (χ3v) is 2.57. The fourth-order valence-corrected chi connectivity index (χ4v) is 1.69. The molecule has 4 nitrogen and oxygen atoms in total. The number of rotatable bonds is 2. The maximum absolute atomic E-state index is 11.1. The summed E-state index contributed by atoms with van der Waals surface area (Å²) in [6, 6.07) is 3.86. The number of nitrogens with zero attached hydrogens (tertiary/aromatic N) is 2. The van der Waals surface area contributed by atoms with Gasteiger partial charge < -0.3 is 9.14 Å². The van der Waals surface area contributed by atoms with Gasteiger partial charge >= 0.3 is 5.97 Å². The molecule has 0 aliphatic carbocycles. The van der Waals surface area contributed by atoms with Crippen LogP contribution in [-0.2, 0) is 16.0 Å². The molecule has 0 aliphatic heterocycles. The number of hydrogen-bond acceptors (Lipinski definition) is 3. The van der Waals surface area contributed by atoms with Gasteiger partial charge in [0, 0.05) is 10.7 Å². The quantitative estimate of drug-likeness (QED) is 0.781. The van der Waals surface area contributed by atoms with Crippen LogP contribution >= 0.6 is 15.9 Å². The summed E-state index contributed by atoms with van der Waals surface area (Å²) in [6.45, 7) is 0. The van der Waals surface area contributed by atoms with Gasteiger partial charge in [-0.05, 0) is 28.1 Å². The molecule has 2 rings (SSSR count). The zero-order valence-electron chi connectivity index (χ0n) is 8.11. The van der Waals surface area contributed by atoms with Crippen LogP contribution in [0.4, 0.5) is 0 Å². The highest BCUT2D eigenvalue weighted by atomic mass is 79.9. The van der Waals surface area contributed by atoms with E-state index in [4.69, 9.17) is 0 Å². The van der Waals surface area contributed by atoms with E-state index >= 15 is 0 Å². The van der Waals surface area contributed by atoms with E-state index in [0.717, 1.165) is 9.99 Å². The van der Waals surface area contributed by atoms with Crippen LogP contribution in [-0.4, -0.2) is 22.5 Å². The zero-order chi connectivity index (χ0) is 10.8. The standard InChI is InChI=1S/C10H9BrN2O2/c1-15-10(14)4-9-12-5-8-3-2-7(11)6-13(8)9/h2-3,5-6H,4H2,1H3. The zero-order valence-corrected chi connectivity index (χ0v) is 9.69. The van der Waals surface area contributed by atoms with Gasteiger partial charge in [-0.2, -0.15) is 0 Å². The van der Waals surface area contributed by atoms with E-state index in [0.29, 0.717) is 5.82 Å². The minimum absolute atomic E-state index is 0.182. The van der Waals surface area contributed by atoms with Crippen molar-refractivity contribution in [3.05, 3.63) is 34.8 Å². The van der Waals surface area contributed by atoms with Crippen molar-refractivity contribution in [3.8, 4) is 0 Å². The first-order valence-electron chi connectivity index (χ1n) is 4.39. The maximum atomic E-state index is 11.1. The first-order chi connectivity index (χ1) is 7.20. The van der Waals surface area contributed by atoms with Crippen molar-refractivity contribution in [1.82, 2.24) is 9.38 Å². The molecule has 0 saturated carbocycles. The Balaban J connectivity index is 2.43. The Morgan fingerprint density at radius 3 is 3.13 bits per heavy atom. The largest absolute Gasteiger partial charge is 0.469 e. The monoisotopic (exact) mass is 268 g/mol. The summed E-state index contributed by atoms with van der Waals surface area (Å²) < 4.78 is 7.40. The highest BCUT2D eigenvalue weighted by Crippen LogP contribution is 2.14. The molecule has 0 fully saturated rings. The second-order valence-electron chi connectivity index (χ2n) is 3.07. The fraction of sp³-hybridized carbons (Fsp3) is 0.200. The molecule has 0 amide bonds. The molecule has 0 spiro atoms. The molecular weight excluding hydrogens is 260 g/mol. The van der Waals surface area contributed by atoms with Crippen molar-refractivity contribution in [2.75, 3.05) is 7.11 Å². The number of halogens is 1. The highest BCUT2D eigenvalue weighted by molar-refractivity contribution is 9.10. The lowest BCUT2D eigenvalue weighted by atomic mass is 10.4. The number of carbonyl (C=O) groups excluding carboxylic acids is 1. The number of carbonyl (C=O) groups is 1. The van der Waals surface area contributed by atoms with Gasteiger partial charge in [0.05, 0.1) is 18.8 Å². The Bertz CT molecular complexity index is 507. The molecular formula is C10H9BrN2O2. The summed E-state index contributed by atoms with van der Waals surface area (Å²) in [5, 5.41) is 0. The molecule has 5 heteroatoms. The van der Waals surface area contributed by atoms with Crippen LogP contribution in [0.2, 0.25) is 0 Å². The van der Waals surface area contributed by atoms with Gasteiger partial charge in [0.15, 0.2) is 0 Å². The number of esters is 1. The van der Waals surface area contributed by atoms with Crippen molar-refractivity contribution in [2.45, 2.75) is 6.42 Å². The van der Waals surface area contributed by atoms with Gasteiger partial charge in [0.1, 0.15) is 12.2 Å². The molecule has 0 bridgehead atoms. The van der Waals surface area contributed by atoms with Gasteiger partial charge in [-0.15, -0.1) is 0 Å². The Morgan fingerprint density at radius 1 is 1.60 bits per heavy atom. The number of ether oxygens (including phenoxy) is 1. The first kappa shape index (κ1) is 10.2. The molecule has 0 atom stereocenters. The summed E-state index contributed by atoms with van der Waals surface area (Å²) in [5.41, 5.74) is 0.956. The lowest BCUT2D eigenvalue weighted by Crippen LogP contribution is -2.07. The number of fused-ring (bicyclic) bond motifs is 1. The van der Waals surface area contributed by atoms with Crippen molar-refractivity contribution in [3.63, 3.8) is 0 Å². The van der Waals surface area contributed by atoms with Gasteiger partial charge in [-0.3, -0.25) is 4.79 Å². The minimum atomic E-state index is -0.289. The SMILES string of the molecule is COC(=O)Cc1ncc2ccc(Br)cn12. The Morgan fingerprint density at radius 2 is 2.40 bits per heavy atom. The third kappa shape index (κ3) is 2.02. The van der Waals surface area contributed by atoms with Gasteiger partial charge in [0.2, 0.25) is 0 Å². The average molecular weight is 269 g/mol. The molecule has 2 heterocycles. The molecule has 0 radical (unpaired) electrons. The van der Waals surface area contributed by atoms with E-state index in [1.807, 2.05) is 22.7 Å². The van der Waals surface area contributed by atoms with E-state index in [9.17, 15) is 4.79 Å². The minimum Gasteiger partial charge on any atom is -0.469 e. The number of aromatic nitrogens is 2. The van der Waals surface area contributed by atoms with Gasteiger partial charge in [-0.1, -0.05) is 0 Å². The molecule has 78 valence electrons. The predicted octanol–water partition coefficient (Wildman–Crippen LogP) is 1.81. The van der Waals surface area contributed by atoms with Crippen molar-refractivity contribution in [1.29, 1.82) is 0 Å². The Hall–Kier alpha value is -1.36. The smallest absolute Gasteiger partial charge is 0.313 e. The summed E-state index contributed by atoms with van der Waals surface area (Å²) in [7, 11) is 1.37. The van der Waals surface area contributed by atoms with E-state index in [2.05, 4.69) is 25.7 Å². The molecule has 0 N–H and O–H groups in total. The molecule has 0 aliphatic rings. The fourth-order valence-electron chi connectivity index (χ4n) is 1.35. The summed E-state index contributed by atoms with van der Waals surface area (Å²) in [5.74, 6) is 0.389. The Labute approximate surface area is 95.0 Å². The lowest BCUT2D eigenvalue weighted by Gasteiger charge is -2.00. The van der Waals surface area contributed by atoms with Crippen molar-refractivity contribution >= 4 is 27.4 Å². The molecule has 0 unspecified atom stereocenters. The van der Waals surface area contributed by atoms with Crippen LogP contribution in [0.25, 0.3) is 5.52 Å². The molecule has 15 heavy (non-hydrogen) atoms. The average Bonchev–Trinajstić information content (AvgIpc) is 2.61. The first-order valence-corrected chi connectivity index (χ1v) is 5.18. The van der Waals surface area contributed by atoms with Crippen molar-refractivity contribution < 1.29 is 9.53 Å². The number of hydrogen-bond donors (Lipinski definition) is 0. The lowest BCUT2D eigenvalue weighted by molar-refractivity contribution is -0.139. The van der Waals surface area contributed by atoms with Crippen LogP contribution in [0.3, 0.4) is 0 Å². The summed E-state index contributed by atoms with van der Waals surface area (Å²) in [6.07, 6.45) is 3.78. The normalized spacial score (nSPS) is 10.5. The number of imidazole rings is 1. The van der Waals surface area contributed by atoms with Crippen LogP contribution in [0.15, 0.2) is 29.0 Å². The van der Waals surface area contributed by atoms with E-state index in [1.165, 1.54) is 7.11 Å². The topological polar surface area (TPSA) is 43.6 Å². The molecule has 2 aromatic heterocycles. The molecule has 0 aromatic carbocycles. The van der Waals surface area contributed by atoms with E-state index in [-0.39, 0.29) is 12.4 Å². The summed E-state index contributed by atoms with van der Waals surface area (Å²) >= 11 is 3.37. The van der Waals surface area contributed by atoms with Crippen LogP contribution in [0.5, 0.6) is 0 Å². The van der Waals surface area contributed by atoms with Crippen LogP contribution in [0, 0.1) is 0 Å². The van der Waals surface area contributed by atoms with Crippen LogP contribution < -0.4 is 0 Å². The van der Waals surface area contributed by atoms with E-state index < -0.39 is 0 Å². The van der Waals surface area contributed by atoms with Gasteiger partial charge in [-0.25, -0.2) is 4.98 Å². The third-order valence-electron chi connectivity index (χ3n) is 2.10. The molecule has 2 aromatic rings. The van der Waals surface area contributed by atoms with E-state index in [1.54, 1.807) is 6.20 Å². The second kappa shape index (κ2) is 4.02. The predicted molar refractivity (Wildman–Crippen MR) is 58.6 cm³/mol. The Kier molecular flexibility index (Phi) is 2.73. The van der Waals surface area contributed by atoms with Crippen LogP contribution in [0.1, 0.15) is 5.82 Å². The highest BCUT2D eigenvalue weighted by Gasteiger charge is 2.09. The second-order valence-corrected chi connectivity index (χ2v) is 3.99. The summed E-state index contributed by atoms with van der Waals surface area (Å²) in [4.78, 5) is 15.3. The number of methoxy groups -OCH3 is 1. The van der Waals surface area contributed by atoms with Crippen molar-refractivity contribution in [2.24, 2.45) is 0 Å².